The first-order valence-corrected chi connectivity index (χ1v) is 7.26. The summed E-state index contributed by atoms with van der Waals surface area (Å²) in [5, 5.41) is 2.46. The monoisotopic (exact) mass is 275 g/mol. The van der Waals surface area contributed by atoms with Gasteiger partial charge in [-0.3, -0.25) is 0 Å². The number of fused-ring (bicyclic) bond motifs is 3. The van der Waals surface area contributed by atoms with Crippen molar-refractivity contribution in [2.45, 2.75) is 20.4 Å². The number of aryl methyl sites for hydroxylation is 2. The van der Waals surface area contributed by atoms with E-state index in [0.717, 1.165) is 17.7 Å². The van der Waals surface area contributed by atoms with Gasteiger partial charge in [0.15, 0.2) is 5.58 Å². The van der Waals surface area contributed by atoms with Crippen LogP contribution in [0, 0.1) is 13.8 Å². The summed E-state index contributed by atoms with van der Waals surface area (Å²) in [5.41, 5.74) is 5.77. The highest BCUT2D eigenvalue weighted by molar-refractivity contribution is 6.07. The molecular weight excluding hydrogens is 258 g/mol. The molecule has 2 heteroatoms. The molecule has 0 spiro atoms. The third-order valence-electron chi connectivity index (χ3n) is 4.28. The fourth-order valence-corrected chi connectivity index (χ4v) is 3.17. The Kier molecular flexibility index (Phi) is 2.64. The standard InChI is InChI=1S/C19H17NO/c1-13-18-16-10-6-7-11-17(16)21-19(18)14(2)20(13)12-15-8-4-3-5-9-15/h3-11H,12H2,1-2H3. The van der Waals surface area contributed by atoms with Gasteiger partial charge < -0.3 is 8.98 Å². The van der Waals surface area contributed by atoms with Gasteiger partial charge in [-0.1, -0.05) is 48.5 Å². The maximum atomic E-state index is 6.06. The van der Waals surface area contributed by atoms with E-state index in [4.69, 9.17) is 4.42 Å². The van der Waals surface area contributed by atoms with Crippen LogP contribution in [0.15, 0.2) is 59.0 Å². The van der Waals surface area contributed by atoms with Crippen molar-refractivity contribution in [2.24, 2.45) is 0 Å². The molecule has 0 N–H and O–H groups in total. The summed E-state index contributed by atoms with van der Waals surface area (Å²) >= 11 is 0. The van der Waals surface area contributed by atoms with E-state index in [2.05, 4.69) is 60.9 Å². The lowest BCUT2D eigenvalue weighted by Gasteiger charge is -2.09. The summed E-state index contributed by atoms with van der Waals surface area (Å²) in [5.74, 6) is 0. The van der Waals surface area contributed by atoms with Gasteiger partial charge in [0.1, 0.15) is 5.58 Å². The number of benzene rings is 2. The molecule has 4 aromatic rings. The minimum absolute atomic E-state index is 0.886. The van der Waals surface area contributed by atoms with Crippen molar-refractivity contribution in [1.82, 2.24) is 4.57 Å². The number of para-hydroxylation sites is 1. The first-order chi connectivity index (χ1) is 10.3. The van der Waals surface area contributed by atoms with E-state index in [1.807, 2.05) is 12.1 Å². The predicted octanol–water partition coefficient (Wildman–Crippen LogP) is 5.05. The topological polar surface area (TPSA) is 18.1 Å². The Morgan fingerprint density at radius 3 is 2.38 bits per heavy atom. The van der Waals surface area contributed by atoms with Crippen molar-refractivity contribution >= 4 is 21.9 Å². The van der Waals surface area contributed by atoms with E-state index in [0.29, 0.717) is 0 Å². The zero-order chi connectivity index (χ0) is 14.4. The van der Waals surface area contributed by atoms with E-state index < -0.39 is 0 Å². The molecule has 21 heavy (non-hydrogen) atoms. The molecule has 104 valence electrons. The summed E-state index contributed by atoms with van der Waals surface area (Å²) in [7, 11) is 0. The third-order valence-corrected chi connectivity index (χ3v) is 4.28. The molecule has 0 atom stereocenters. The number of hydrogen-bond donors (Lipinski definition) is 0. The molecule has 2 aromatic carbocycles. The highest BCUT2D eigenvalue weighted by Gasteiger charge is 2.17. The van der Waals surface area contributed by atoms with Crippen LogP contribution >= 0.6 is 0 Å². The zero-order valence-electron chi connectivity index (χ0n) is 12.3. The van der Waals surface area contributed by atoms with Crippen LogP contribution in [0.4, 0.5) is 0 Å². The maximum absolute atomic E-state index is 6.06. The Morgan fingerprint density at radius 2 is 1.57 bits per heavy atom. The molecule has 0 radical (unpaired) electrons. The average molecular weight is 275 g/mol. The second kappa shape index (κ2) is 4.52. The fourth-order valence-electron chi connectivity index (χ4n) is 3.17. The van der Waals surface area contributed by atoms with Crippen molar-refractivity contribution in [2.75, 3.05) is 0 Å². The second-order valence-electron chi connectivity index (χ2n) is 5.54. The van der Waals surface area contributed by atoms with Gasteiger partial charge in [-0.25, -0.2) is 0 Å². The highest BCUT2D eigenvalue weighted by Crippen LogP contribution is 2.35. The van der Waals surface area contributed by atoms with Crippen molar-refractivity contribution in [1.29, 1.82) is 0 Å². The van der Waals surface area contributed by atoms with E-state index >= 15 is 0 Å². The molecule has 2 nitrogen and oxygen atoms in total. The van der Waals surface area contributed by atoms with Gasteiger partial charge in [0.05, 0.1) is 5.69 Å². The summed E-state index contributed by atoms with van der Waals surface area (Å²) in [6.45, 7) is 5.21. The number of nitrogens with zero attached hydrogens (tertiary/aromatic N) is 1. The largest absolute Gasteiger partial charge is 0.454 e. The molecule has 2 aromatic heterocycles. The fraction of sp³-hybridized carbons (Fsp3) is 0.158. The quantitative estimate of drug-likeness (QED) is 0.500. The number of aromatic nitrogens is 1. The Balaban J connectivity index is 1.94. The first kappa shape index (κ1) is 12.3. The molecule has 2 heterocycles. The van der Waals surface area contributed by atoms with Crippen molar-refractivity contribution in [3.05, 3.63) is 71.5 Å². The van der Waals surface area contributed by atoms with Crippen molar-refractivity contribution in [3.8, 4) is 0 Å². The van der Waals surface area contributed by atoms with Crippen molar-refractivity contribution < 1.29 is 4.42 Å². The van der Waals surface area contributed by atoms with E-state index in [-0.39, 0.29) is 0 Å². The minimum Gasteiger partial charge on any atom is -0.454 e. The lowest BCUT2D eigenvalue weighted by molar-refractivity contribution is 0.654. The lowest BCUT2D eigenvalue weighted by atomic mass is 10.2. The second-order valence-corrected chi connectivity index (χ2v) is 5.54. The van der Waals surface area contributed by atoms with Crippen LogP contribution in [-0.2, 0) is 6.54 Å². The normalized spacial score (nSPS) is 11.5. The predicted molar refractivity (Wildman–Crippen MR) is 86.7 cm³/mol. The smallest absolute Gasteiger partial charge is 0.156 e. The molecule has 0 saturated carbocycles. The first-order valence-electron chi connectivity index (χ1n) is 7.26. The molecule has 0 unspecified atom stereocenters. The minimum atomic E-state index is 0.886. The third kappa shape index (κ3) is 1.79. The summed E-state index contributed by atoms with van der Waals surface area (Å²) in [6, 6.07) is 18.8. The van der Waals surface area contributed by atoms with Crippen LogP contribution in [0.2, 0.25) is 0 Å². The van der Waals surface area contributed by atoms with Crippen LogP contribution in [-0.4, -0.2) is 4.57 Å². The molecule has 4 rings (SSSR count). The van der Waals surface area contributed by atoms with Gasteiger partial charge in [0, 0.05) is 23.0 Å². The van der Waals surface area contributed by atoms with E-state index in [1.165, 1.54) is 27.7 Å². The molecule has 0 amide bonds. The Labute approximate surface area is 123 Å². The number of rotatable bonds is 2. The summed E-state index contributed by atoms with van der Waals surface area (Å²) in [4.78, 5) is 0. The van der Waals surface area contributed by atoms with E-state index in [9.17, 15) is 0 Å². The Morgan fingerprint density at radius 1 is 0.857 bits per heavy atom. The average Bonchev–Trinajstić information content (AvgIpc) is 3.00. The molecule has 0 bridgehead atoms. The highest BCUT2D eigenvalue weighted by atomic mass is 16.3. The molecule has 0 aliphatic carbocycles. The lowest BCUT2D eigenvalue weighted by Crippen LogP contribution is -2.03. The van der Waals surface area contributed by atoms with Gasteiger partial charge in [-0.2, -0.15) is 0 Å². The van der Waals surface area contributed by atoms with Crippen LogP contribution in [0.1, 0.15) is 17.0 Å². The molecule has 0 aliphatic rings. The van der Waals surface area contributed by atoms with Gasteiger partial charge in [-0.05, 0) is 25.5 Å². The van der Waals surface area contributed by atoms with Gasteiger partial charge in [-0.15, -0.1) is 0 Å². The van der Waals surface area contributed by atoms with Crippen LogP contribution in [0.3, 0.4) is 0 Å². The van der Waals surface area contributed by atoms with Gasteiger partial charge in [0.2, 0.25) is 0 Å². The molecular formula is C19H17NO. The van der Waals surface area contributed by atoms with Crippen LogP contribution in [0.25, 0.3) is 21.9 Å². The number of furan rings is 1. The maximum Gasteiger partial charge on any atom is 0.156 e. The molecule has 0 aliphatic heterocycles. The summed E-state index contributed by atoms with van der Waals surface area (Å²) in [6.07, 6.45) is 0. The van der Waals surface area contributed by atoms with Gasteiger partial charge in [0.25, 0.3) is 0 Å². The van der Waals surface area contributed by atoms with E-state index in [1.54, 1.807) is 0 Å². The van der Waals surface area contributed by atoms with Crippen LogP contribution < -0.4 is 0 Å². The Bertz CT molecular complexity index is 928. The van der Waals surface area contributed by atoms with Crippen LogP contribution in [0.5, 0.6) is 0 Å². The SMILES string of the molecule is Cc1c2oc3ccccc3c2c(C)n1Cc1ccccc1. The Hall–Kier alpha value is -2.48. The molecule has 0 saturated heterocycles. The van der Waals surface area contributed by atoms with Gasteiger partial charge >= 0.3 is 0 Å². The van der Waals surface area contributed by atoms with Crippen molar-refractivity contribution in [3.63, 3.8) is 0 Å². The summed E-state index contributed by atoms with van der Waals surface area (Å²) < 4.78 is 8.40. The zero-order valence-corrected chi connectivity index (χ0v) is 12.3. The molecule has 0 fully saturated rings. The number of hydrogen-bond acceptors (Lipinski definition) is 1.